The van der Waals surface area contributed by atoms with Gasteiger partial charge < -0.3 is 5.11 Å². The lowest BCUT2D eigenvalue weighted by atomic mass is 9.67. The van der Waals surface area contributed by atoms with Gasteiger partial charge in [0, 0.05) is 5.57 Å². The number of hydrogen-bond donors (Lipinski definition) is 1. The molecular formula is C8H10O2. The Bertz CT molecular complexity index is 219. The molecule has 0 aromatic rings. The molecule has 0 aromatic heterocycles. The van der Waals surface area contributed by atoms with Gasteiger partial charge in [0.15, 0.2) is 5.78 Å². The molecule has 2 nitrogen and oxygen atoms in total. The molecule has 0 saturated heterocycles. The lowest BCUT2D eigenvalue weighted by Crippen LogP contribution is -2.53. The SMILES string of the molecule is C=C1C(=O)[C@H]2CCC[C@]12O. The van der Waals surface area contributed by atoms with Crippen LogP contribution in [0, 0.1) is 5.92 Å². The van der Waals surface area contributed by atoms with Crippen molar-refractivity contribution < 1.29 is 9.90 Å². The lowest BCUT2D eigenvalue weighted by molar-refractivity contribution is -0.137. The van der Waals surface area contributed by atoms with Crippen LogP contribution in [0.25, 0.3) is 0 Å². The van der Waals surface area contributed by atoms with Gasteiger partial charge in [0.2, 0.25) is 0 Å². The van der Waals surface area contributed by atoms with Crippen molar-refractivity contribution in [1.82, 2.24) is 0 Å². The van der Waals surface area contributed by atoms with Crippen LogP contribution in [0.1, 0.15) is 19.3 Å². The van der Waals surface area contributed by atoms with Gasteiger partial charge in [-0.3, -0.25) is 4.79 Å². The van der Waals surface area contributed by atoms with E-state index in [4.69, 9.17) is 0 Å². The van der Waals surface area contributed by atoms with Crippen LogP contribution in [0.3, 0.4) is 0 Å². The van der Waals surface area contributed by atoms with Gasteiger partial charge in [-0.2, -0.15) is 0 Å². The Morgan fingerprint density at radius 1 is 1.70 bits per heavy atom. The largest absolute Gasteiger partial charge is 0.384 e. The lowest BCUT2D eigenvalue weighted by Gasteiger charge is -2.40. The molecule has 2 aliphatic rings. The van der Waals surface area contributed by atoms with E-state index in [2.05, 4.69) is 6.58 Å². The molecule has 2 aliphatic carbocycles. The molecule has 0 spiro atoms. The predicted octanol–water partition coefficient (Wildman–Crippen LogP) is 0.656. The molecule has 1 N–H and O–H groups in total. The third-order valence-electron chi connectivity index (χ3n) is 2.76. The minimum atomic E-state index is -0.781. The molecule has 2 heteroatoms. The average Bonchev–Trinajstić information content (AvgIpc) is 2.28. The van der Waals surface area contributed by atoms with E-state index in [1.54, 1.807) is 0 Å². The van der Waals surface area contributed by atoms with Gasteiger partial charge in [-0.25, -0.2) is 0 Å². The highest BCUT2D eigenvalue weighted by Crippen LogP contribution is 2.50. The van der Waals surface area contributed by atoms with Crippen molar-refractivity contribution in [2.45, 2.75) is 24.9 Å². The summed E-state index contributed by atoms with van der Waals surface area (Å²) >= 11 is 0. The van der Waals surface area contributed by atoms with Crippen molar-refractivity contribution in [1.29, 1.82) is 0 Å². The monoisotopic (exact) mass is 138 g/mol. The molecule has 54 valence electrons. The first-order valence-corrected chi connectivity index (χ1v) is 3.62. The molecule has 0 radical (unpaired) electrons. The summed E-state index contributed by atoms with van der Waals surface area (Å²) in [6, 6.07) is 0. The van der Waals surface area contributed by atoms with E-state index in [-0.39, 0.29) is 11.7 Å². The zero-order chi connectivity index (χ0) is 7.35. The number of rotatable bonds is 0. The average molecular weight is 138 g/mol. The molecule has 0 amide bonds. The van der Waals surface area contributed by atoms with E-state index < -0.39 is 5.60 Å². The zero-order valence-corrected chi connectivity index (χ0v) is 5.76. The van der Waals surface area contributed by atoms with Gasteiger partial charge in [-0.05, 0) is 19.3 Å². The van der Waals surface area contributed by atoms with Crippen molar-refractivity contribution in [2.24, 2.45) is 5.92 Å². The van der Waals surface area contributed by atoms with E-state index in [0.717, 1.165) is 19.3 Å². The van der Waals surface area contributed by atoms with Crippen LogP contribution >= 0.6 is 0 Å². The van der Waals surface area contributed by atoms with Crippen LogP contribution in [0.2, 0.25) is 0 Å². The Morgan fingerprint density at radius 3 is 3.00 bits per heavy atom. The van der Waals surface area contributed by atoms with Gasteiger partial charge in [0.1, 0.15) is 5.60 Å². The number of carbonyl (C=O) groups is 1. The quantitative estimate of drug-likeness (QED) is 0.499. The molecule has 2 atom stereocenters. The molecular weight excluding hydrogens is 128 g/mol. The van der Waals surface area contributed by atoms with E-state index in [0.29, 0.717) is 5.57 Å². The Balaban J connectivity index is 2.35. The van der Waals surface area contributed by atoms with E-state index >= 15 is 0 Å². The van der Waals surface area contributed by atoms with Crippen LogP contribution in [-0.4, -0.2) is 16.5 Å². The fourth-order valence-corrected chi connectivity index (χ4v) is 2.04. The molecule has 0 heterocycles. The number of Topliss-reactive ketones (excluding diaryl/α,β-unsaturated/α-hetero) is 1. The maximum Gasteiger partial charge on any atom is 0.167 e. The molecule has 10 heavy (non-hydrogen) atoms. The second kappa shape index (κ2) is 1.51. The van der Waals surface area contributed by atoms with E-state index in [9.17, 15) is 9.90 Å². The fourth-order valence-electron chi connectivity index (χ4n) is 2.04. The van der Waals surface area contributed by atoms with E-state index in [1.807, 2.05) is 0 Å². The predicted molar refractivity (Wildman–Crippen MR) is 36.4 cm³/mol. The number of hydrogen-bond acceptors (Lipinski definition) is 2. The van der Waals surface area contributed by atoms with Crippen molar-refractivity contribution in [2.75, 3.05) is 0 Å². The first kappa shape index (κ1) is 6.10. The van der Waals surface area contributed by atoms with Crippen LogP contribution in [0.5, 0.6) is 0 Å². The summed E-state index contributed by atoms with van der Waals surface area (Å²) < 4.78 is 0. The summed E-state index contributed by atoms with van der Waals surface area (Å²) in [5, 5.41) is 9.67. The zero-order valence-electron chi connectivity index (χ0n) is 5.76. The van der Waals surface area contributed by atoms with Gasteiger partial charge in [0.05, 0.1) is 5.92 Å². The van der Waals surface area contributed by atoms with Crippen molar-refractivity contribution in [3.8, 4) is 0 Å². The minimum absolute atomic E-state index is 0.0833. The summed E-state index contributed by atoms with van der Waals surface area (Å²) in [6.07, 6.45) is 2.56. The van der Waals surface area contributed by atoms with Gasteiger partial charge in [-0.15, -0.1) is 0 Å². The van der Waals surface area contributed by atoms with Gasteiger partial charge in [-0.1, -0.05) is 6.58 Å². The highest BCUT2D eigenvalue weighted by molar-refractivity contribution is 6.07. The molecule has 2 fully saturated rings. The first-order chi connectivity index (χ1) is 4.66. The number of ketones is 1. The first-order valence-electron chi connectivity index (χ1n) is 3.62. The van der Waals surface area contributed by atoms with Crippen LogP contribution < -0.4 is 0 Å². The third-order valence-corrected chi connectivity index (χ3v) is 2.76. The summed E-state index contributed by atoms with van der Waals surface area (Å²) in [4.78, 5) is 11.0. The maximum atomic E-state index is 11.0. The third kappa shape index (κ3) is 0.430. The molecule has 0 bridgehead atoms. The summed E-state index contributed by atoms with van der Waals surface area (Å²) in [5.41, 5.74) is -0.341. The molecule has 2 saturated carbocycles. The second-order valence-corrected chi connectivity index (χ2v) is 3.21. The van der Waals surface area contributed by atoms with Gasteiger partial charge >= 0.3 is 0 Å². The highest BCUT2D eigenvalue weighted by Gasteiger charge is 2.58. The Hall–Kier alpha value is -0.630. The highest BCUT2D eigenvalue weighted by atomic mass is 16.3. The number of fused-ring (bicyclic) bond motifs is 1. The number of carbonyl (C=O) groups excluding carboxylic acids is 1. The van der Waals surface area contributed by atoms with Crippen molar-refractivity contribution >= 4 is 5.78 Å². The van der Waals surface area contributed by atoms with Crippen molar-refractivity contribution in [3.63, 3.8) is 0 Å². The maximum absolute atomic E-state index is 11.0. The van der Waals surface area contributed by atoms with Crippen LogP contribution in [0.15, 0.2) is 12.2 Å². The second-order valence-electron chi connectivity index (χ2n) is 3.21. The Labute approximate surface area is 59.5 Å². The van der Waals surface area contributed by atoms with E-state index in [1.165, 1.54) is 0 Å². The van der Waals surface area contributed by atoms with Crippen LogP contribution in [0.4, 0.5) is 0 Å². The summed E-state index contributed by atoms with van der Waals surface area (Å²) in [7, 11) is 0. The normalized spacial score (nSPS) is 45.1. The molecule has 0 aromatic carbocycles. The van der Waals surface area contributed by atoms with Gasteiger partial charge in [0.25, 0.3) is 0 Å². The Morgan fingerprint density at radius 2 is 2.40 bits per heavy atom. The van der Waals surface area contributed by atoms with Crippen molar-refractivity contribution in [3.05, 3.63) is 12.2 Å². The molecule has 0 aliphatic heterocycles. The summed E-state index contributed by atoms with van der Waals surface area (Å²) in [5.74, 6) is -0.0139. The Kier molecular flexibility index (Phi) is 0.920. The van der Waals surface area contributed by atoms with Crippen LogP contribution in [-0.2, 0) is 4.79 Å². The molecule has 0 unspecified atom stereocenters. The summed E-state index contributed by atoms with van der Waals surface area (Å²) in [6.45, 7) is 3.56. The standard InChI is InChI=1S/C8H10O2/c1-5-7(9)6-3-2-4-8(5,6)10/h6,10H,1-4H2/t6-,8+/m1/s1. The molecule has 2 rings (SSSR count). The minimum Gasteiger partial charge on any atom is -0.384 e. The fraction of sp³-hybridized carbons (Fsp3) is 0.625. The topological polar surface area (TPSA) is 37.3 Å². The number of aliphatic hydroxyl groups is 1. The smallest absolute Gasteiger partial charge is 0.167 e.